The number of likely N-dealkylation sites (tertiary alicyclic amines) is 1. The van der Waals surface area contributed by atoms with Gasteiger partial charge >= 0.3 is 6.03 Å². The average molecular weight is 450 g/mol. The zero-order valence-electron chi connectivity index (χ0n) is 18.7. The van der Waals surface area contributed by atoms with E-state index in [1.54, 1.807) is 27.1 Å². The summed E-state index contributed by atoms with van der Waals surface area (Å²) in [5.74, 6) is -1.41. The zero-order chi connectivity index (χ0) is 23.4. The smallest absolute Gasteiger partial charge is 0.329 e. The lowest BCUT2D eigenvalue weighted by Crippen LogP contribution is -2.46. The number of halogens is 2. The first kappa shape index (κ1) is 21.3. The van der Waals surface area contributed by atoms with Gasteiger partial charge in [0.25, 0.3) is 0 Å². The van der Waals surface area contributed by atoms with Crippen LogP contribution in [0, 0.1) is 42.7 Å². The van der Waals surface area contributed by atoms with Crippen LogP contribution in [0.25, 0.3) is 11.0 Å². The number of benzene rings is 1. The molecule has 2 amide bonds. The lowest BCUT2D eigenvalue weighted by atomic mass is 10.1. The van der Waals surface area contributed by atoms with Crippen LogP contribution in [0.5, 0.6) is 0 Å². The van der Waals surface area contributed by atoms with Gasteiger partial charge in [0.2, 0.25) is 0 Å². The van der Waals surface area contributed by atoms with Crippen molar-refractivity contribution in [3.8, 4) is 6.07 Å². The van der Waals surface area contributed by atoms with Crippen LogP contribution < -0.4 is 9.80 Å². The van der Waals surface area contributed by atoms with E-state index in [-0.39, 0.29) is 29.3 Å². The van der Waals surface area contributed by atoms with Gasteiger partial charge in [-0.1, -0.05) is 6.07 Å². The minimum Gasteiger partial charge on any atom is -0.342 e. The number of amides is 2. The van der Waals surface area contributed by atoms with Gasteiger partial charge in [-0.15, -0.1) is 0 Å². The van der Waals surface area contributed by atoms with E-state index in [0.717, 1.165) is 35.5 Å². The highest BCUT2D eigenvalue weighted by molar-refractivity contribution is 6.11. The second kappa shape index (κ2) is 7.81. The SMILES string of the molecule is Cc1cc(C)c(F)c(N2Cc3cnc4[nH]c(CN5CC[C@H](C#N)C5)cc4c3N(C)C2=O)c1F. The molecular formula is C24H24F2N6O. The van der Waals surface area contributed by atoms with Gasteiger partial charge < -0.3 is 4.98 Å². The van der Waals surface area contributed by atoms with Gasteiger partial charge in [0.1, 0.15) is 11.3 Å². The van der Waals surface area contributed by atoms with Crippen molar-refractivity contribution in [2.45, 2.75) is 33.4 Å². The summed E-state index contributed by atoms with van der Waals surface area (Å²) in [5, 5.41) is 9.92. The van der Waals surface area contributed by atoms with Gasteiger partial charge in [0.05, 0.1) is 24.2 Å². The number of hydrogen-bond donors (Lipinski definition) is 1. The molecule has 3 aromatic rings. The molecule has 7 nitrogen and oxygen atoms in total. The number of pyridine rings is 1. The van der Waals surface area contributed by atoms with E-state index in [1.165, 1.54) is 11.0 Å². The van der Waals surface area contributed by atoms with Crippen LogP contribution in [0.3, 0.4) is 0 Å². The Hall–Kier alpha value is -3.51. The van der Waals surface area contributed by atoms with E-state index in [1.807, 2.05) is 6.07 Å². The third-order valence-corrected chi connectivity index (χ3v) is 6.60. The summed E-state index contributed by atoms with van der Waals surface area (Å²) in [6.07, 6.45) is 2.51. The molecule has 9 heteroatoms. The minimum atomic E-state index is -0.734. The zero-order valence-corrected chi connectivity index (χ0v) is 18.7. The lowest BCUT2D eigenvalue weighted by Gasteiger charge is -2.35. The molecule has 2 aliphatic heterocycles. The normalized spacial score (nSPS) is 18.8. The Labute approximate surface area is 190 Å². The van der Waals surface area contributed by atoms with E-state index in [9.17, 15) is 13.6 Å². The van der Waals surface area contributed by atoms with Crippen molar-refractivity contribution in [2.24, 2.45) is 5.92 Å². The maximum atomic E-state index is 14.9. The van der Waals surface area contributed by atoms with Gasteiger partial charge in [0, 0.05) is 43.0 Å². The maximum absolute atomic E-state index is 14.9. The topological polar surface area (TPSA) is 79.3 Å². The first-order valence-electron chi connectivity index (χ1n) is 10.9. The van der Waals surface area contributed by atoms with E-state index in [0.29, 0.717) is 23.4 Å². The molecule has 2 aromatic heterocycles. The van der Waals surface area contributed by atoms with Crippen molar-refractivity contribution in [2.75, 3.05) is 29.9 Å². The third kappa shape index (κ3) is 3.42. The van der Waals surface area contributed by atoms with Gasteiger partial charge in [-0.3, -0.25) is 14.7 Å². The summed E-state index contributed by atoms with van der Waals surface area (Å²) >= 11 is 0. The number of rotatable bonds is 3. The molecule has 1 aromatic carbocycles. The predicted molar refractivity (Wildman–Crippen MR) is 121 cm³/mol. The largest absolute Gasteiger partial charge is 0.342 e. The van der Waals surface area contributed by atoms with Gasteiger partial charge in [-0.05, 0) is 44.0 Å². The molecule has 4 heterocycles. The van der Waals surface area contributed by atoms with Crippen molar-refractivity contribution in [3.05, 3.63) is 52.3 Å². The second-order valence-corrected chi connectivity index (χ2v) is 8.95. The summed E-state index contributed by atoms with van der Waals surface area (Å²) in [5.41, 5.74) is 3.23. The Morgan fingerprint density at radius 1 is 1.21 bits per heavy atom. The van der Waals surface area contributed by atoms with Crippen LogP contribution in [0.1, 0.15) is 28.8 Å². The number of fused-ring (bicyclic) bond motifs is 3. The fourth-order valence-corrected chi connectivity index (χ4v) is 4.92. The number of nitrogens with zero attached hydrogens (tertiary/aromatic N) is 5. The van der Waals surface area contributed by atoms with Crippen molar-refractivity contribution in [1.29, 1.82) is 5.26 Å². The maximum Gasteiger partial charge on any atom is 0.329 e. The van der Waals surface area contributed by atoms with E-state index >= 15 is 0 Å². The molecule has 0 aliphatic carbocycles. The van der Waals surface area contributed by atoms with Crippen LogP contribution in [0.2, 0.25) is 0 Å². The summed E-state index contributed by atoms with van der Waals surface area (Å²) in [7, 11) is 1.61. The molecule has 170 valence electrons. The molecule has 1 N–H and O–H groups in total. The van der Waals surface area contributed by atoms with Crippen molar-refractivity contribution < 1.29 is 13.6 Å². The molecule has 1 atom stereocenters. The molecule has 1 saturated heterocycles. The monoisotopic (exact) mass is 450 g/mol. The number of nitrogens with one attached hydrogen (secondary N) is 1. The molecule has 0 unspecified atom stereocenters. The lowest BCUT2D eigenvalue weighted by molar-refractivity contribution is 0.251. The quantitative estimate of drug-likeness (QED) is 0.642. The molecule has 1 fully saturated rings. The van der Waals surface area contributed by atoms with E-state index < -0.39 is 17.7 Å². The molecule has 33 heavy (non-hydrogen) atoms. The Bertz CT molecular complexity index is 1300. The number of aromatic nitrogens is 2. The molecule has 0 spiro atoms. The first-order chi connectivity index (χ1) is 15.8. The second-order valence-electron chi connectivity index (χ2n) is 8.95. The van der Waals surface area contributed by atoms with E-state index in [4.69, 9.17) is 5.26 Å². The van der Waals surface area contributed by atoms with Crippen LogP contribution >= 0.6 is 0 Å². The Kier molecular flexibility index (Phi) is 5.05. The van der Waals surface area contributed by atoms with Crippen molar-refractivity contribution in [3.63, 3.8) is 0 Å². The van der Waals surface area contributed by atoms with Crippen molar-refractivity contribution >= 4 is 28.4 Å². The Morgan fingerprint density at radius 3 is 2.61 bits per heavy atom. The number of aromatic amines is 1. The number of carbonyl (C=O) groups is 1. The number of aryl methyl sites for hydroxylation is 2. The number of hydrogen-bond acceptors (Lipinski definition) is 4. The highest BCUT2D eigenvalue weighted by atomic mass is 19.1. The predicted octanol–water partition coefficient (Wildman–Crippen LogP) is 4.38. The molecular weight excluding hydrogens is 426 g/mol. The highest BCUT2D eigenvalue weighted by Gasteiger charge is 2.35. The molecule has 5 rings (SSSR count). The number of carbonyl (C=O) groups excluding carboxylic acids is 1. The molecule has 0 radical (unpaired) electrons. The summed E-state index contributed by atoms with van der Waals surface area (Å²) in [6.45, 7) is 5.39. The molecule has 0 saturated carbocycles. The Balaban J connectivity index is 1.52. The molecule has 2 aliphatic rings. The summed E-state index contributed by atoms with van der Waals surface area (Å²) < 4.78 is 29.8. The Morgan fingerprint density at radius 2 is 1.94 bits per heavy atom. The minimum absolute atomic E-state index is 0.0225. The van der Waals surface area contributed by atoms with Gasteiger partial charge in [-0.2, -0.15) is 5.26 Å². The van der Waals surface area contributed by atoms with Gasteiger partial charge in [0.15, 0.2) is 11.6 Å². The number of nitriles is 1. The molecule has 0 bridgehead atoms. The third-order valence-electron chi connectivity index (χ3n) is 6.60. The first-order valence-corrected chi connectivity index (χ1v) is 10.9. The fourth-order valence-electron chi connectivity index (χ4n) is 4.92. The highest BCUT2D eigenvalue weighted by Crippen LogP contribution is 2.39. The summed E-state index contributed by atoms with van der Waals surface area (Å²) in [4.78, 5) is 25.9. The van der Waals surface area contributed by atoms with Crippen LogP contribution in [-0.4, -0.2) is 41.0 Å². The van der Waals surface area contributed by atoms with Crippen LogP contribution in [0.4, 0.5) is 25.0 Å². The van der Waals surface area contributed by atoms with Crippen molar-refractivity contribution in [1.82, 2.24) is 14.9 Å². The number of H-pyrrole nitrogens is 1. The fraction of sp³-hybridized carbons (Fsp3) is 0.375. The van der Waals surface area contributed by atoms with Crippen LogP contribution in [0.15, 0.2) is 18.3 Å². The van der Waals surface area contributed by atoms with Gasteiger partial charge in [-0.25, -0.2) is 18.6 Å². The number of anilines is 2. The van der Waals surface area contributed by atoms with Crippen LogP contribution in [-0.2, 0) is 13.1 Å². The number of urea groups is 1. The summed E-state index contributed by atoms with van der Waals surface area (Å²) in [6, 6.07) is 5.23. The van der Waals surface area contributed by atoms with E-state index in [2.05, 4.69) is 20.9 Å². The average Bonchev–Trinajstić information content (AvgIpc) is 3.41. The standard InChI is InChI=1S/C24H24F2N6O/c1-13-6-14(2)20(26)22(19(13)25)32-11-16-9-28-23-18(21(16)30(3)24(32)33)7-17(29-23)12-31-5-4-15(8-27)10-31/h6-7,9,15H,4-5,10-12H2,1-3H3,(H,28,29)/t15-/m1/s1.